The molecule has 0 saturated heterocycles. The molecule has 1 aromatic heterocycles. The van der Waals surface area contributed by atoms with Gasteiger partial charge >= 0.3 is 0 Å². The summed E-state index contributed by atoms with van der Waals surface area (Å²) in [5.74, 6) is 0. The number of aromatic nitrogens is 2. The fourth-order valence-corrected chi connectivity index (χ4v) is 2.64. The lowest BCUT2D eigenvalue weighted by molar-refractivity contribution is 0.529. The quantitative estimate of drug-likeness (QED) is 0.873. The number of nitrogens with one attached hydrogen (secondary N) is 1. The molecule has 0 saturated carbocycles. The summed E-state index contributed by atoms with van der Waals surface area (Å²) in [6, 6.07) is 7.46. The lowest BCUT2D eigenvalue weighted by Crippen LogP contribution is -2.40. The fraction of sp³-hybridized carbons (Fsp3) is 0.400. The lowest BCUT2D eigenvalue weighted by atomic mass is 10.3. The Hall–Kier alpha value is -1.01. The van der Waals surface area contributed by atoms with Crippen LogP contribution in [0.3, 0.4) is 0 Å². The van der Waals surface area contributed by atoms with Crippen molar-refractivity contribution in [2.45, 2.75) is 38.5 Å². The second-order valence-electron chi connectivity index (χ2n) is 5.90. The van der Waals surface area contributed by atoms with E-state index in [2.05, 4.69) is 9.71 Å². The first-order chi connectivity index (χ1) is 9.77. The molecule has 2 unspecified atom stereocenters. The van der Waals surface area contributed by atoms with Gasteiger partial charge in [0.05, 0.1) is 18.1 Å². The molecule has 0 amide bonds. The molecule has 2 aromatic rings. The Morgan fingerprint density at radius 2 is 1.90 bits per heavy atom. The van der Waals surface area contributed by atoms with Gasteiger partial charge in [0, 0.05) is 28.3 Å². The Kier molecular flexibility index (Phi) is 4.99. The van der Waals surface area contributed by atoms with E-state index in [9.17, 15) is 4.55 Å². The van der Waals surface area contributed by atoms with Crippen molar-refractivity contribution in [1.29, 1.82) is 0 Å². The highest BCUT2D eigenvalue weighted by molar-refractivity contribution is 7.90. The minimum atomic E-state index is -1.12. The zero-order valence-corrected chi connectivity index (χ0v) is 14.2. The maximum absolute atomic E-state index is 12.1. The number of imidazole rings is 1. The Morgan fingerprint density at radius 1 is 1.29 bits per heavy atom. The number of hydrogen-bond acceptors (Lipinski definition) is 3. The average molecular weight is 326 g/mol. The minimum Gasteiger partial charge on any atom is -0.598 e. The van der Waals surface area contributed by atoms with Crippen LogP contribution in [0.4, 0.5) is 0 Å². The summed E-state index contributed by atoms with van der Waals surface area (Å²) in [6.07, 6.45) is 3.68. The first kappa shape index (κ1) is 16.4. The van der Waals surface area contributed by atoms with Crippen LogP contribution in [-0.2, 0) is 11.4 Å². The van der Waals surface area contributed by atoms with Crippen LogP contribution >= 0.6 is 11.6 Å². The largest absolute Gasteiger partial charge is 0.598 e. The van der Waals surface area contributed by atoms with Gasteiger partial charge in [-0.1, -0.05) is 11.6 Å². The van der Waals surface area contributed by atoms with Gasteiger partial charge < -0.3 is 9.12 Å². The molecule has 1 aromatic carbocycles. The predicted molar refractivity (Wildman–Crippen MR) is 88.0 cm³/mol. The lowest BCUT2D eigenvalue weighted by Gasteiger charge is -2.25. The van der Waals surface area contributed by atoms with Crippen LogP contribution in [0.5, 0.6) is 0 Å². The van der Waals surface area contributed by atoms with Crippen molar-refractivity contribution in [3.05, 3.63) is 47.5 Å². The molecule has 2 rings (SSSR count). The monoisotopic (exact) mass is 325 g/mol. The van der Waals surface area contributed by atoms with Gasteiger partial charge in [0.1, 0.15) is 4.75 Å². The maximum atomic E-state index is 12.1. The Bertz CT molecular complexity index is 592. The highest BCUT2D eigenvalue weighted by Crippen LogP contribution is 2.20. The van der Waals surface area contributed by atoms with Crippen molar-refractivity contribution < 1.29 is 4.55 Å². The summed E-state index contributed by atoms with van der Waals surface area (Å²) in [5, 5.41) is 0.703. The van der Waals surface area contributed by atoms with Gasteiger partial charge in [0.2, 0.25) is 0 Å². The Balaban J connectivity index is 2.10. The van der Waals surface area contributed by atoms with Crippen molar-refractivity contribution in [2.24, 2.45) is 0 Å². The Labute approximate surface area is 133 Å². The minimum absolute atomic E-state index is 0.0846. The van der Waals surface area contributed by atoms with E-state index in [0.29, 0.717) is 5.02 Å². The van der Waals surface area contributed by atoms with Crippen molar-refractivity contribution >= 4 is 23.0 Å². The van der Waals surface area contributed by atoms with Crippen molar-refractivity contribution in [3.8, 4) is 5.69 Å². The van der Waals surface area contributed by atoms with Crippen LogP contribution in [0.1, 0.15) is 39.4 Å². The van der Waals surface area contributed by atoms with E-state index < -0.39 is 11.4 Å². The van der Waals surface area contributed by atoms with Gasteiger partial charge in [-0.15, -0.1) is 4.72 Å². The van der Waals surface area contributed by atoms with E-state index in [1.54, 1.807) is 6.33 Å². The zero-order chi connectivity index (χ0) is 15.6. The molecule has 2 atom stereocenters. The van der Waals surface area contributed by atoms with Crippen LogP contribution in [-0.4, -0.2) is 18.9 Å². The van der Waals surface area contributed by atoms with Crippen molar-refractivity contribution in [2.75, 3.05) is 0 Å². The summed E-state index contributed by atoms with van der Waals surface area (Å²) in [4.78, 5) is 4.38. The molecule has 6 heteroatoms. The van der Waals surface area contributed by atoms with Crippen LogP contribution in [0.25, 0.3) is 5.69 Å². The summed E-state index contributed by atoms with van der Waals surface area (Å²) < 4.78 is 16.8. The maximum Gasteiger partial charge on any atom is 0.136 e. The predicted octanol–water partition coefficient (Wildman–Crippen LogP) is 3.64. The molecule has 21 heavy (non-hydrogen) atoms. The fourth-order valence-electron chi connectivity index (χ4n) is 1.71. The van der Waals surface area contributed by atoms with Crippen LogP contribution in [0.2, 0.25) is 5.02 Å². The molecule has 1 N–H and O–H groups in total. The first-order valence-corrected chi connectivity index (χ1v) is 8.28. The molecule has 0 aliphatic carbocycles. The second-order valence-corrected chi connectivity index (χ2v) is 8.34. The normalized spacial score (nSPS) is 15.0. The molecule has 0 fully saturated rings. The van der Waals surface area contributed by atoms with Crippen LogP contribution in [0, 0.1) is 0 Å². The Morgan fingerprint density at radius 3 is 2.48 bits per heavy atom. The zero-order valence-electron chi connectivity index (χ0n) is 12.6. The summed E-state index contributed by atoms with van der Waals surface area (Å²) >= 11 is 4.76. The summed E-state index contributed by atoms with van der Waals surface area (Å²) in [7, 11) is 0. The van der Waals surface area contributed by atoms with Gasteiger partial charge in [0.15, 0.2) is 0 Å². The van der Waals surface area contributed by atoms with E-state index in [0.717, 1.165) is 11.4 Å². The number of halogens is 1. The first-order valence-electron chi connectivity index (χ1n) is 6.75. The molecular formula is C15H20ClN3OS. The standard InChI is InChI=1S/C15H20ClN3OS/c1-11(18-21(20)15(2,3)4)14-9-19(10-17-14)13-7-5-12(16)6-8-13/h5-11,18H,1-4H3. The molecule has 0 aliphatic rings. The van der Waals surface area contributed by atoms with E-state index >= 15 is 0 Å². The van der Waals surface area contributed by atoms with E-state index in [1.165, 1.54) is 0 Å². The third-order valence-corrected chi connectivity index (χ3v) is 4.94. The third-order valence-electron chi connectivity index (χ3n) is 3.01. The average Bonchev–Trinajstić information content (AvgIpc) is 2.88. The second kappa shape index (κ2) is 6.40. The van der Waals surface area contributed by atoms with Gasteiger partial charge in [0.25, 0.3) is 0 Å². The van der Waals surface area contributed by atoms with Gasteiger partial charge in [-0.05, 0) is 52.0 Å². The summed E-state index contributed by atoms with van der Waals surface area (Å²) in [6.45, 7) is 7.78. The van der Waals surface area contributed by atoms with Gasteiger partial charge in [-0.2, -0.15) is 0 Å². The third kappa shape index (κ3) is 4.23. The molecule has 0 radical (unpaired) electrons. The molecule has 4 nitrogen and oxygen atoms in total. The van der Waals surface area contributed by atoms with E-state index in [-0.39, 0.29) is 10.8 Å². The molecular weight excluding hydrogens is 306 g/mol. The van der Waals surface area contributed by atoms with E-state index in [1.807, 2.05) is 62.7 Å². The van der Waals surface area contributed by atoms with Crippen molar-refractivity contribution in [1.82, 2.24) is 14.3 Å². The van der Waals surface area contributed by atoms with Gasteiger partial charge in [-0.25, -0.2) is 4.98 Å². The summed E-state index contributed by atoms with van der Waals surface area (Å²) in [5.41, 5.74) is 1.84. The topological polar surface area (TPSA) is 52.9 Å². The van der Waals surface area contributed by atoms with Crippen LogP contribution in [0.15, 0.2) is 36.8 Å². The smallest absolute Gasteiger partial charge is 0.136 e. The molecule has 0 aliphatic heterocycles. The number of nitrogens with zero attached hydrogens (tertiary/aromatic N) is 2. The van der Waals surface area contributed by atoms with Crippen LogP contribution < -0.4 is 4.72 Å². The SMILES string of the molecule is CC(N[S+]([O-])C(C)(C)C)c1cn(-c2ccc(Cl)cc2)cn1. The molecule has 0 spiro atoms. The highest BCUT2D eigenvalue weighted by Gasteiger charge is 2.28. The molecule has 1 heterocycles. The highest BCUT2D eigenvalue weighted by atomic mass is 35.5. The van der Waals surface area contributed by atoms with E-state index in [4.69, 9.17) is 11.6 Å². The molecule has 0 bridgehead atoms. The van der Waals surface area contributed by atoms with Crippen molar-refractivity contribution in [3.63, 3.8) is 0 Å². The number of rotatable bonds is 4. The number of benzene rings is 1. The number of hydrogen-bond donors (Lipinski definition) is 1. The molecule has 114 valence electrons. The van der Waals surface area contributed by atoms with Gasteiger partial charge in [-0.3, -0.25) is 0 Å².